The molecule has 0 bridgehead atoms. The molecule has 1 atom stereocenters. The summed E-state index contributed by atoms with van der Waals surface area (Å²) in [6, 6.07) is -0.150. The first-order valence-electron chi connectivity index (χ1n) is 4.94. The maximum Gasteiger partial charge on any atom is 0.239 e. The first-order valence-corrected chi connectivity index (χ1v) is 5.38. The summed E-state index contributed by atoms with van der Waals surface area (Å²) >= 11 is 5.37. The highest BCUT2D eigenvalue weighted by Gasteiger charge is 2.16. The molecule has 1 unspecified atom stereocenters. The molecule has 0 aliphatic carbocycles. The molecule has 0 aliphatic rings. The Labute approximate surface area is 91.1 Å². The summed E-state index contributed by atoms with van der Waals surface area (Å²) in [7, 11) is 0. The molecule has 82 valence electrons. The number of nitrogens with zero attached hydrogens (tertiary/aromatic N) is 1. The van der Waals surface area contributed by atoms with Gasteiger partial charge in [0.1, 0.15) is 0 Å². The molecule has 0 spiro atoms. The average Bonchev–Trinajstić information content (AvgIpc) is 2.19. The van der Waals surface area contributed by atoms with Crippen LogP contribution in [0.15, 0.2) is 11.6 Å². The van der Waals surface area contributed by atoms with E-state index in [2.05, 4.69) is 5.32 Å². The maximum atomic E-state index is 11.7. The van der Waals surface area contributed by atoms with Gasteiger partial charge in [-0.3, -0.25) is 4.79 Å². The molecule has 14 heavy (non-hydrogen) atoms. The van der Waals surface area contributed by atoms with Crippen molar-refractivity contribution in [2.45, 2.75) is 26.8 Å². The van der Waals surface area contributed by atoms with Crippen LogP contribution in [-0.4, -0.2) is 36.5 Å². The highest BCUT2D eigenvalue weighted by atomic mass is 35.5. The van der Waals surface area contributed by atoms with Crippen molar-refractivity contribution < 1.29 is 4.79 Å². The molecule has 0 heterocycles. The molecule has 0 fully saturated rings. The number of carbonyl (C=O) groups is 1. The van der Waals surface area contributed by atoms with Gasteiger partial charge in [0.15, 0.2) is 0 Å². The van der Waals surface area contributed by atoms with E-state index in [0.717, 1.165) is 13.1 Å². The molecular formula is C10H19ClN2O. The molecule has 1 amide bonds. The second-order valence-corrected chi connectivity index (χ2v) is 3.25. The van der Waals surface area contributed by atoms with Gasteiger partial charge in [-0.05, 0) is 20.8 Å². The van der Waals surface area contributed by atoms with Crippen LogP contribution in [0.1, 0.15) is 20.8 Å². The van der Waals surface area contributed by atoms with Gasteiger partial charge in [-0.25, -0.2) is 0 Å². The normalized spacial score (nSPS) is 13.1. The summed E-state index contributed by atoms with van der Waals surface area (Å²) in [5, 5.41) is 3.07. The van der Waals surface area contributed by atoms with E-state index in [1.807, 2.05) is 25.7 Å². The Morgan fingerprint density at radius 3 is 2.50 bits per heavy atom. The summed E-state index contributed by atoms with van der Waals surface area (Å²) in [5.74, 6) is 0.137. The first-order chi connectivity index (χ1) is 6.67. The molecule has 0 saturated heterocycles. The lowest BCUT2D eigenvalue weighted by atomic mass is 10.3. The van der Waals surface area contributed by atoms with Crippen LogP contribution in [0.4, 0.5) is 0 Å². The van der Waals surface area contributed by atoms with Crippen molar-refractivity contribution in [2.24, 2.45) is 0 Å². The van der Waals surface area contributed by atoms with Gasteiger partial charge < -0.3 is 10.2 Å². The minimum Gasteiger partial charge on any atom is -0.342 e. The number of amides is 1. The largest absolute Gasteiger partial charge is 0.342 e. The van der Waals surface area contributed by atoms with Gasteiger partial charge >= 0.3 is 0 Å². The monoisotopic (exact) mass is 218 g/mol. The lowest BCUT2D eigenvalue weighted by Gasteiger charge is -2.23. The van der Waals surface area contributed by atoms with Gasteiger partial charge in [0.05, 0.1) is 6.04 Å². The van der Waals surface area contributed by atoms with Crippen molar-refractivity contribution in [3.05, 3.63) is 11.6 Å². The molecule has 0 aromatic rings. The van der Waals surface area contributed by atoms with Crippen molar-refractivity contribution in [3.8, 4) is 0 Å². The third kappa shape index (κ3) is 4.63. The number of likely N-dealkylation sites (N-methyl/N-ethyl adjacent to an activating group) is 1. The van der Waals surface area contributed by atoms with Crippen molar-refractivity contribution >= 4 is 17.5 Å². The third-order valence-electron chi connectivity index (χ3n) is 2.08. The first kappa shape index (κ1) is 13.5. The molecule has 0 aromatic heterocycles. The smallest absolute Gasteiger partial charge is 0.239 e. The van der Waals surface area contributed by atoms with E-state index in [1.54, 1.807) is 6.08 Å². The van der Waals surface area contributed by atoms with Gasteiger partial charge in [0, 0.05) is 25.2 Å². The second-order valence-electron chi connectivity index (χ2n) is 3.00. The summed E-state index contributed by atoms with van der Waals surface area (Å²) < 4.78 is 0. The van der Waals surface area contributed by atoms with Crippen LogP contribution in [0, 0.1) is 0 Å². The fourth-order valence-electron chi connectivity index (χ4n) is 1.19. The summed E-state index contributed by atoms with van der Waals surface area (Å²) in [4.78, 5) is 13.5. The van der Waals surface area contributed by atoms with Crippen molar-refractivity contribution in [1.82, 2.24) is 10.2 Å². The van der Waals surface area contributed by atoms with E-state index in [9.17, 15) is 4.79 Å². The molecule has 0 rings (SSSR count). The molecule has 0 aromatic carbocycles. The minimum absolute atomic E-state index is 0.137. The zero-order valence-corrected chi connectivity index (χ0v) is 9.84. The number of rotatable bonds is 6. The van der Waals surface area contributed by atoms with Crippen molar-refractivity contribution in [3.63, 3.8) is 0 Å². The minimum atomic E-state index is -0.150. The Morgan fingerprint density at radius 1 is 1.50 bits per heavy atom. The third-order valence-corrected chi connectivity index (χ3v) is 2.25. The van der Waals surface area contributed by atoms with Gasteiger partial charge in [-0.15, -0.1) is 0 Å². The molecule has 0 saturated carbocycles. The SMILES string of the molecule is CCN(CC)C(=O)C(C)NC/C=C/Cl. The number of hydrogen-bond donors (Lipinski definition) is 1. The second kappa shape index (κ2) is 7.83. The molecule has 4 heteroatoms. The number of hydrogen-bond acceptors (Lipinski definition) is 2. The lowest BCUT2D eigenvalue weighted by molar-refractivity contribution is -0.132. The molecular weight excluding hydrogens is 200 g/mol. The van der Waals surface area contributed by atoms with Crippen LogP contribution in [0.3, 0.4) is 0 Å². The summed E-state index contributed by atoms with van der Waals surface area (Å²) in [6.45, 7) is 7.96. The van der Waals surface area contributed by atoms with E-state index < -0.39 is 0 Å². The van der Waals surface area contributed by atoms with Crippen LogP contribution < -0.4 is 5.32 Å². The zero-order valence-electron chi connectivity index (χ0n) is 9.09. The summed E-state index contributed by atoms with van der Waals surface area (Å²) in [5.41, 5.74) is 1.45. The van der Waals surface area contributed by atoms with Gasteiger partial charge in [-0.2, -0.15) is 0 Å². The Kier molecular flexibility index (Phi) is 7.52. The Hall–Kier alpha value is -0.540. The fourth-order valence-corrected chi connectivity index (χ4v) is 1.27. The topological polar surface area (TPSA) is 32.3 Å². The average molecular weight is 219 g/mol. The maximum absolute atomic E-state index is 11.7. The van der Waals surface area contributed by atoms with Crippen LogP contribution in [0.2, 0.25) is 0 Å². The standard InChI is InChI=1S/C10H19ClN2O/c1-4-13(5-2)10(14)9(3)12-8-6-7-11/h6-7,9,12H,4-5,8H2,1-3H3/b7-6+. The highest BCUT2D eigenvalue weighted by Crippen LogP contribution is 1.94. The predicted octanol–water partition coefficient (Wildman–Crippen LogP) is 1.59. The van der Waals surface area contributed by atoms with E-state index in [-0.39, 0.29) is 11.9 Å². The summed E-state index contributed by atoms with van der Waals surface area (Å²) in [6.07, 6.45) is 1.77. The molecule has 0 radical (unpaired) electrons. The zero-order chi connectivity index (χ0) is 11.0. The molecule has 0 aliphatic heterocycles. The van der Waals surface area contributed by atoms with Gasteiger partial charge in [-0.1, -0.05) is 17.7 Å². The molecule has 3 nitrogen and oxygen atoms in total. The fraction of sp³-hybridized carbons (Fsp3) is 0.700. The number of nitrogens with one attached hydrogen (secondary N) is 1. The highest BCUT2D eigenvalue weighted by molar-refractivity contribution is 6.25. The molecule has 1 N–H and O–H groups in total. The predicted molar refractivity (Wildman–Crippen MR) is 60.4 cm³/mol. The van der Waals surface area contributed by atoms with E-state index in [4.69, 9.17) is 11.6 Å². The Bertz CT molecular complexity index is 191. The van der Waals surface area contributed by atoms with Crippen LogP contribution in [0.25, 0.3) is 0 Å². The Balaban J connectivity index is 3.96. The van der Waals surface area contributed by atoms with Crippen molar-refractivity contribution in [2.75, 3.05) is 19.6 Å². The van der Waals surface area contributed by atoms with E-state index in [0.29, 0.717) is 6.54 Å². The lowest BCUT2D eigenvalue weighted by Crippen LogP contribution is -2.44. The quantitative estimate of drug-likeness (QED) is 0.735. The van der Waals surface area contributed by atoms with E-state index in [1.165, 1.54) is 5.54 Å². The number of halogens is 1. The van der Waals surface area contributed by atoms with Gasteiger partial charge in [0.25, 0.3) is 0 Å². The van der Waals surface area contributed by atoms with Crippen LogP contribution >= 0.6 is 11.6 Å². The van der Waals surface area contributed by atoms with E-state index >= 15 is 0 Å². The van der Waals surface area contributed by atoms with Crippen LogP contribution in [0.5, 0.6) is 0 Å². The van der Waals surface area contributed by atoms with Crippen LogP contribution in [-0.2, 0) is 4.79 Å². The number of carbonyl (C=O) groups excluding carboxylic acids is 1. The van der Waals surface area contributed by atoms with Crippen molar-refractivity contribution in [1.29, 1.82) is 0 Å². The Morgan fingerprint density at radius 2 is 2.07 bits per heavy atom. The van der Waals surface area contributed by atoms with Gasteiger partial charge in [0.2, 0.25) is 5.91 Å².